The molecule has 0 unspecified atom stereocenters. The first-order valence-electron chi connectivity index (χ1n) is 8.89. The number of methoxy groups -OCH3 is 1. The average Bonchev–Trinajstić information content (AvgIpc) is 3.09. The number of anilines is 1. The number of carbonyl (C=O) groups excluding carboxylic acids is 1. The molecule has 0 saturated carbocycles. The van der Waals surface area contributed by atoms with Crippen molar-refractivity contribution in [1.29, 1.82) is 0 Å². The number of amides is 2. The van der Waals surface area contributed by atoms with E-state index in [0.717, 1.165) is 32.3 Å². The smallest absolute Gasteiger partial charge is 0.411 e. The molecule has 0 aliphatic rings. The van der Waals surface area contributed by atoms with Crippen molar-refractivity contribution in [2.45, 2.75) is 0 Å². The van der Waals surface area contributed by atoms with E-state index in [0.29, 0.717) is 22.5 Å². The molecule has 0 fully saturated rings. The number of rotatable bonds is 4. The highest BCUT2D eigenvalue weighted by atomic mass is 16.5. The van der Waals surface area contributed by atoms with Gasteiger partial charge in [-0.25, -0.2) is 4.79 Å². The van der Waals surface area contributed by atoms with E-state index in [2.05, 4.69) is 4.98 Å². The number of aromatic amines is 1. The molecule has 0 aliphatic heterocycles. The van der Waals surface area contributed by atoms with Crippen LogP contribution in [0.1, 0.15) is 10.4 Å². The fraction of sp³-hybridized carbons (Fsp3) is 0.0909. The van der Waals surface area contributed by atoms with Crippen molar-refractivity contribution in [3.8, 4) is 16.9 Å². The van der Waals surface area contributed by atoms with Gasteiger partial charge in [-0.15, -0.1) is 0 Å². The molecule has 2 amide bonds. The van der Waals surface area contributed by atoms with Crippen LogP contribution in [0.25, 0.3) is 32.9 Å². The first-order chi connectivity index (χ1) is 13.9. The third kappa shape index (κ3) is 3.12. The normalized spacial score (nSPS) is 11.0. The number of nitrogens with zero attached hydrogens (tertiary/aromatic N) is 1. The van der Waals surface area contributed by atoms with E-state index in [4.69, 9.17) is 10.5 Å². The van der Waals surface area contributed by atoms with Gasteiger partial charge in [-0.2, -0.15) is 0 Å². The summed E-state index contributed by atoms with van der Waals surface area (Å²) in [6.07, 6.45) is -1.06. The highest BCUT2D eigenvalue weighted by Gasteiger charge is 2.16. The number of hydrogen-bond acceptors (Lipinski definition) is 3. The number of benzene rings is 3. The van der Waals surface area contributed by atoms with E-state index in [-0.39, 0.29) is 0 Å². The van der Waals surface area contributed by atoms with Gasteiger partial charge in [0.15, 0.2) is 0 Å². The maximum Gasteiger partial charge on any atom is 0.411 e. The predicted molar refractivity (Wildman–Crippen MR) is 113 cm³/mol. The Morgan fingerprint density at radius 1 is 1.03 bits per heavy atom. The van der Waals surface area contributed by atoms with Crippen LogP contribution in [0.3, 0.4) is 0 Å². The van der Waals surface area contributed by atoms with Crippen LogP contribution in [0.2, 0.25) is 0 Å². The fourth-order valence-electron chi connectivity index (χ4n) is 3.48. The Morgan fingerprint density at radius 3 is 2.52 bits per heavy atom. The van der Waals surface area contributed by atoms with Gasteiger partial charge in [0.1, 0.15) is 5.75 Å². The second kappa shape index (κ2) is 6.87. The first-order valence-corrected chi connectivity index (χ1v) is 8.89. The molecule has 0 spiro atoms. The molecule has 0 saturated heterocycles. The lowest BCUT2D eigenvalue weighted by atomic mass is 9.98. The average molecular weight is 389 g/mol. The summed E-state index contributed by atoms with van der Waals surface area (Å²) in [6.45, 7) is 0. The number of nitrogens with one attached hydrogen (secondary N) is 1. The van der Waals surface area contributed by atoms with Crippen LogP contribution in [0.4, 0.5) is 10.5 Å². The summed E-state index contributed by atoms with van der Waals surface area (Å²) < 4.78 is 5.30. The number of ether oxygens (including phenoxy) is 1. The SMILES string of the molecule is COc1cccc(-c2cc(C(N)=O)c3[nH]c4cc(N(C)C(=O)O)ccc4c3c2)c1. The van der Waals surface area contributed by atoms with Gasteiger partial charge in [-0.3, -0.25) is 9.69 Å². The van der Waals surface area contributed by atoms with Gasteiger partial charge >= 0.3 is 6.09 Å². The molecule has 7 nitrogen and oxygen atoms in total. The highest BCUT2D eigenvalue weighted by molar-refractivity contribution is 6.16. The third-order valence-corrected chi connectivity index (χ3v) is 5.03. The molecule has 146 valence electrons. The monoisotopic (exact) mass is 389 g/mol. The zero-order valence-corrected chi connectivity index (χ0v) is 15.9. The summed E-state index contributed by atoms with van der Waals surface area (Å²) in [5.74, 6) is 0.165. The van der Waals surface area contributed by atoms with Gasteiger partial charge in [-0.1, -0.05) is 18.2 Å². The van der Waals surface area contributed by atoms with Crippen molar-refractivity contribution in [2.24, 2.45) is 5.73 Å². The topological polar surface area (TPSA) is 109 Å². The summed E-state index contributed by atoms with van der Waals surface area (Å²) in [5, 5.41) is 10.9. The molecule has 0 aliphatic carbocycles. The highest BCUT2D eigenvalue weighted by Crippen LogP contribution is 2.35. The summed E-state index contributed by atoms with van der Waals surface area (Å²) in [7, 11) is 3.07. The molecular formula is C22H19N3O4. The lowest BCUT2D eigenvalue weighted by Gasteiger charge is -2.12. The predicted octanol–water partition coefficient (Wildman–Crippen LogP) is 4.21. The van der Waals surface area contributed by atoms with Crippen molar-refractivity contribution >= 4 is 39.5 Å². The van der Waals surface area contributed by atoms with Crippen LogP contribution in [-0.4, -0.2) is 36.2 Å². The second-order valence-electron chi connectivity index (χ2n) is 6.74. The molecular weight excluding hydrogens is 370 g/mol. The van der Waals surface area contributed by atoms with Crippen molar-refractivity contribution in [3.63, 3.8) is 0 Å². The number of primary amides is 1. The van der Waals surface area contributed by atoms with Crippen LogP contribution >= 0.6 is 0 Å². The number of aromatic nitrogens is 1. The van der Waals surface area contributed by atoms with Gasteiger partial charge < -0.3 is 20.6 Å². The first kappa shape index (κ1) is 18.4. The molecule has 0 bridgehead atoms. The number of carbonyl (C=O) groups is 2. The van der Waals surface area contributed by atoms with E-state index in [1.54, 1.807) is 25.3 Å². The fourth-order valence-corrected chi connectivity index (χ4v) is 3.48. The van der Waals surface area contributed by atoms with Gasteiger partial charge in [-0.05, 0) is 47.5 Å². The lowest BCUT2D eigenvalue weighted by molar-refractivity contribution is 0.100. The zero-order valence-electron chi connectivity index (χ0n) is 15.9. The van der Waals surface area contributed by atoms with Gasteiger partial charge in [0.25, 0.3) is 5.91 Å². The number of H-pyrrole nitrogens is 1. The molecule has 1 aromatic heterocycles. The molecule has 7 heteroatoms. The van der Waals surface area contributed by atoms with E-state index in [1.165, 1.54) is 7.05 Å². The maximum atomic E-state index is 12.2. The quantitative estimate of drug-likeness (QED) is 0.486. The Labute approximate surface area is 166 Å². The van der Waals surface area contributed by atoms with Crippen LogP contribution in [-0.2, 0) is 0 Å². The molecule has 4 N–H and O–H groups in total. The minimum Gasteiger partial charge on any atom is -0.497 e. The minimum absolute atomic E-state index is 0.365. The lowest BCUT2D eigenvalue weighted by Crippen LogP contribution is -2.23. The largest absolute Gasteiger partial charge is 0.497 e. The molecule has 4 aromatic rings. The van der Waals surface area contributed by atoms with E-state index in [9.17, 15) is 14.7 Å². The van der Waals surface area contributed by atoms with Gasteiger partial charge in [0, 0.05) is 29.0 Å². The summed E-state index contributed by atoms with van der Waals surface area (Å²) >= 11 is 0. The van der Waals surface area contributed by atoms with E-state index < -0.39 is 12.0 Å². The maximum absolute atomic E-state index is 12.2. The number of fused-ring (bicyclic) bond motifs is 3. The summed E-state index contributed by atoms with van der Waals surface area (Å²) in [5.41, 5.74) is 9.60. The van der Waals surface area contributed by atoms with Gasteiger partial charge in [0.2, 0.25) is 0 Å². The second-order valence-corrected chi connectivity index (χ2v) is 6.74. The third-order valence-electron chi connectivity index (χ3n) is 5.03. The molecule has 4 rings (SSSR count). The molecule has 3 aromatic carbocycles. The zero-order chi connectivity index (χ0) is 20.7. The Morgan fingerprint density at radius 2 is 1.83 bits per heavy atom. The van der Waals surface area contributed by atoms with E-state index in [1.807, 2.05) is 36.4 Å². The van der Waals surface area contributed by atoms with Crippen molar-refractivity contribution in [2.75, 3.05) is 19.1 Å². The Bertz CT molecular complexity index is 1280. The Kier molecular flexibility index (Phi) is 4.35. The van der Waals surface area contributed by atoms with Gasteiger partial charge in [0.05, 0.1) is 18.2 Å². The summed E-state index contributed by atoms with van der Waals surface area (Å²) in [4.78, 5) is 27.7. The van der Waals surface area contributed by atoms with Crippen molar-refractivity contribution in [1.82, 2.24) is 4.98 Å². The molecule has 29 heavy (non-hydrogen) atoms. The van der Waals surface area contributed by atoms with Crippen LogP contribution in [0, 0.1) is 0 Å². The molecule has 0 atom stereocenters. The van der Waals surface area contributed by atoms with Crippen molar-refractivity contribution < 1.29 is 19.4 Å². The standard InChI is InChI=1S/C22H19N3O4/c1-25(22(27)28)14-6-7-16-17-9-13(12-4-3-5-15(8-12)29-2)10-18(21(23)26)20(17)24-19(16)11-14/h3-11,24H,1-2H3,(H2,23,26)(H,27,28). The van der Waals surface area contributed by atoms with Crippen LogP contribution in [0.15, 0.2) is 54.6 Å². The Hall–Kier alpha value is -4.00. The van der Waals surface area contributed by atoms with Crippen LogP contribution in [0.5, 0.6) is 5.75 Å². The Balaban J connectivity index is 1.98. The van der Waals surface area contributed by atoms with Crippen LogP contribution < -0.4 is 15.4 Å². The van der Waals surface area contributed by atoms with Crippen molar-refractivity contribution in [3.05, 3.63) is 60.2 Å². The minimum atomic E-state index is -1.06. The summed E-state index contributed by atoms with van der Waals surface area (Å²) in [6, 6.07) is 16.6. The van der Waals surface area contributed by atoms with E-state index >= 15 is 0 Å². The molecule has 0 radical (unpaired) electrons. The number of nitrogens with two attached hydrogens (primary N) is 1. The number of hydrogen-bond donors (Lipinski definition) is 3. The molecule has 1 heterocycles. The number of carboxylic acid groups (broad SMARTS) is 1.